The van der Waals surface area contributed by atoms with Crippen LogP contribution in [0.1, 0.15) is 25.0 Å². The normalized spacial score (nSPS) is 11.5. The molecule has 0 atom stereocenters. The van der Waals surface area contributed by atoms with Gasteiger partial charge in [0.15, 0.2) is 0 Å². The largest absolute Gasteiger partial charge is 0.497 e. The van der Waals surface area contributed by atoms with E-state index in [4.69, 9.17) is 18.6 Å². The van der Waals surface area contributed by atoms with E-state index < -0.39 is 0 Å². The molecule has 0 bridgehead atoms. The van der Waals surface area contributed by atoms with Crippen LogP contribution < -0.4 is 19.5 Å². The summed E-state index contributed by atoms with van der Waals surface area (Å²) in [4.78, 5) is 12.1. The van der Waals surface area contributed by atoms with Gasteiger partial charge >= 0.3 is 0 Å². The van der Waals surface area contributed by atoms with Gasteiger partial charge in [-0.1, -0.05) is 0 Å². The number of allylic oxidation sites excluding steroid dienone is 1. The molecule has 1 heterocycles. The van der Waals surface area contributed by atoms with Crippen LogP contribution in [-0.4, -0.2) is 33.8 Å². The monoisotopic (exact) mass is 409 g/mol. The number of fused-ring (bicyclic) bond motifs is 1. The van der Waals surface area contributed by atoms with Gasteiger partial charge in [-0.15, -0.1) is 0 Å². The maximum Gasteiger partial charge on any atom is 0.244 e. The standard InChI is InChI=1S/C24H27NO5/c1-7-25-22(26)10-14(2)17-12-19-20(13-30-24(19)15(3)23(17)29-6)18-11-16(27-4)8-9-21(18)28-5/h8-13H,7H2,1-6H3,(H,25,26)/b14-10+. The lowest BCUT2D eigenvalue weighted by Crippen LogP contribution is -2.20. The van der Waals surface area contributed by atoms with Gasteiger partial charge in [0.05, 0.1) is 27.6 Å². The Kier molecular flexibility index (Phi) is 6.35. The molecule has 0 saturated heterocycles. The van der Waals surface area contributed by atoms with Crippen LogP contribution >= 0.6 is 0 Å². The highest BCUT2D eigenvalue weighted by Gasteiger charge is 2.20. The molecular weight excluding hydrogens is 382 g/mol. The summed E-state index contributed by atoms with van der Waals surface area (Å²) in [5.74, 6) is 1.97. The van der Waals surface area contributed by atoms with Crippen molar-refractivity contribution >= 4 is 22.4 Å². The molecule has 0 spiro atoms. The zero-order chi connectivity index (χ0) is 21.8. The number of rotatable bonds is 7. The van der Waals surface area contributed by atoms with Crippen molar-refractivity contribution in [1.29, 1.82) is 0 Å². The molecule has 0 radical (unpaired) electrons. The molecule has 6 heteroatoms. The minimum Gasteiger partial charge on any atom is -0.497 e. The molecular formula is C24H27NO5. The summed E-state index contributed by atoms with van der Waals surface area (Å²) in [5, 5.41) is 3.69. The van der Waals surface area contributed by atoms with Crippen LogP contribution in [0.15, 0.2) is 41.0 Å². The number of hydrogen-bond donors (Lipinski definition) is 1. The fourth-order valence-corrected chi connectivity index (χ4v) is 3.60. The lowest BCUT2D eigenvalue weighted by molar-refractivity contribution is -0.116. The predicted octanol–water partition coefficient (Wildman–Crippen LogP) is 4.97. The molecule has 2 aromatic carbocycles. The van der Waals surface area contributed by atoms with Crippen molar-refractivity contribution in [3.05, 3.63) is 47.7 Å². The van der Waals surface area contributed by atoms with Crippen molar-refractivity contribution in [3.8, 4) is 28.4 Å². The maximum atomic E-state index is 12.1. The zero-order valence-corrected chi connectivity index (χ0v) is 18.2. The highest BCUT2D eigenvalue weighted by molar-refractivity contribution is 6.02. The summed E-state index contributed by atoms with van der Waals surface area (Å²) in [6.07, 6.45) is 3.29. The first-order chi connectivity index (χ1) is 14.4. The van der Waals surface area contributed by atoms with Gasteiger partial charge in [0.1, 0.15) is 22.8 Å². The van der Waals surface area contributed by atoms with Gasteiger partial charge in [0, 0.05) is 40.3 Å². The van der Waals surface area contributed by atoms with Gasteiger partial charge in [-0.25, -0.2) is 0 Å². The smallest absolute Gasteiger partial charge is 0.244 e. The summed E-state index contributed by atoms with van der Waals surface area (Å²) >= 11 is 0. The molecule has 0 aliphatic carbocycles. The molecule has 30 heavy (non-hydrogen) atoms. The lowest BCUT2D eigenvalue weighted by Gasteiger charge is -2.14. The number of hydrogen-bond acceptors (Lipinski definition) is 5. The van der Waals surface area contributed by atoms with E-state index in [2.05, 4.69) is 5.32 Å². The van der Waals surface area contributed by atoms with E-state index in [9.17, 15) is 4.79 Å². The van der Waals surface area contributed by atoms with E-state index in [0.717, 1.165) is 44.5 Å². The predicted molar refractivity (Wildman–Crippen MR) is 118 cm³/mol. The molecule has 158 valence electrons. The second kappa shape index (κ2) is 8.95. The van der Waals surface area contributed by atoms with Crippen LogP contribution in [-0.2, 0) is 4.79 Å². The topological polar surface area (TPSA) is 69.9 Å². The Balaban J connectivity index is 2.26. The lowest BCUT2D eigenvalue weighted by atomic mass is 9.96. The summed E-state index contributed by atoms with van der Waals surface area (Å²) in [6, 6.07) is 7.62. The Hall–Kier alpha value is -3.41. The SMILES string of the molecule is CCNC(=O)/C=C(\C)c1cc2c(-c3cc(OC)ccc3OC)coc2c(C)c1OC. The van der Waals surface area contributed by atoms with E-state index in [-0.39, 0.29) is 5.91 Å². The van der Waals surface area contributed by atoms with Crippen LogP contribution in [0.5, 0.6) is 17.2 Å². The van der Waals surface area contributed by atoms with E-state index in [1.807, 2.05) is 45.0 Å². The van der Waals surface area contributed by atoms with Crippen LogP contribution in [0.3, 0.4) is 0 Å². The van der Waals surface area contributed by atoms with Crippen LogP contribution in [0.25, 0.3) is 27.7 Å². The van der Waals surface area contributed by atoms with Crippen molar-refractivity contribution < 1.29 is 23.4 Å². The Labute approximate surface area is 176 Å². The molecule has 0 unspecified atom stereocenters. The molecule has 3 rings (SSSR count). The third-order valence-electron chi connectivity index (χ3n) is 5.07. The van der Waals surface area contributed by atoms with Crippen molar-refractivity contribution in [2.24, 2.45) is 0 Å². The number of amides is 1. The Morgan fingerprint density at radius 3 is 2.50 bits per heavy atom. The average molecular weight is 409 g/mol. The summed E-state index contributed by atoms with van der Waals surface area (Å²) in [5.41, 5.74) is 4.95. The number of carbonyl (C=O) groups excluding carboxylic acids is 1. The fourth-order valence-electron chi connectivity index (χ4n) is 3.60. The van der Waals surface area contributed by atoms with Gasteiger partial charge in [0.2, 0.25) is 5.91 Å². The van der Waals surface area contributed by atoms with Crippen LogP contribution in [0.2, 0.25) is 0 Å². The number of aryl methyl sites for hydroxylation is 1. The van der Waals surface area contributed by atoms with Gasteiger partial charge < -0.3 is 23.9 Å². The number of furan rings is 1. The van der Waals surface area contributed by atoms with Gasteiger partial charge in [-0.05, 0) is 50.6 Å². The van der Waals surface area contributed by atoms with Crippen LogP contribution in [0, 0.1) is 6.92 Å². The van der Waals surface area contributed by atoms with Crippen molar-refractivity contribution in [3.63, 3.8) is 0 Å². The Morgan fingerprint density at radius 1 is 1.10 bits per heavy atom. The molecule has 1 amide bonds. The molecule has 6 nitrogen and oxygen atoms in total. The number of likely N-dealkylation sites (N-methyl/N-ethyl adjacent to an activating group) is 1. The highest BCUT2D eigenvalue weighted by Crippen LogP contribution is 2.43. The number of nitrogens with one attached hydrogen (secondary N) is 1. The first-order valence-corrected chi connectivity index (χ1v) is 9.72. The van der Waals surface area contributed by atoms with E-state index in [1.165, 1.54) is 0 Å². The number of benzene rings is 2. The number of methoxy groups -OCH3 is 3. The molecule has 0 aliphatic rings. The first-order valence-electron chi connectivity index (χ1n) is 9.72. The molecule has 0 fully saturated rings. The summed E-state index contributed by atoms with van der Waals surface area (Å²) in [6.45, 7) is 6.29. The summed E-state index contributed by atoms with van der Waals surface area (Å²) in [7, 11) is 4.88. The zero-order valence-electron chi connectivity index (χ0n) is 18.2. The van der Waals surface area contributed by atoms with Crippen molar-refractivity contribution in [2.75, 3.05) is 27.9 Å². The highest BCUT2D eigenvalue weighted by atomic mass is 16.5. The van der Waals surface area contributed by atoms with Gasteiger partial charge in [-0.3, -0.25) is 4.79 Å². The molecule has 0 aliphatic heterocycles. The quantitative estimate of drug-likeness (QED) is 0.558. The van der Waals surface area contributed by atoms with Crippen LogP contribution in [0.4, 0.5) is 0 Å². The Morgan fingerprint density at radius 2 is 1.87 bits per heavy atom. The first kappa shape index (κ1) is 21.3. The molecule has 1 N–H and O–H groups in total. The number of carbonyl (C=O) groups is 1. The Bertz CT molecular complexity index is 1110. The van der Waals surface area contributed by atoms with Crippen molar-refractivity contribution in [1.82, 2.24) is 5.32 Å². The number of ether oxygens (including phenoxy) is 3. The van der Waals surface area contributed by atoms with Gasteiger partial charge in [0.25, 0.3) is 0 Å². The third-order valence-corrected chi connectivity index (χ3v) is 5.07. The minimum atomic E-state index is -0.142. The minimum absolute atomic E-state index is 0.142. The fraction of sp³-hybridized carbons (Fsp3) is 0.292. The van der Waals surface area contributed by atoms with Crippen molar-refractivity contribution in [2.45, 2.75) is 20.8 Å². The summed E-state index contributed by atoms with van der Waals surface area (Å²) < 4.78 is 22.6. The molecule has 1 aromatic heterocycles. The van der Waals surface area contributed by atoms with E-state index in [1.54, 1.807) is 33.7 Å². The second-order valence-corrected chi connectivity index (χ2v) is 6.90. The second-order valence-electron chi connectivity index (χ2n) is 6.90. The van der Waals surface area contributed by atoms with Gasteiger partial charge in [-0.2, -0.15) is 0 Å². The van der Waals surface area contributed by atoms with E-state index in [0.29, 0.717) is 18.0 Å². The maximum absolute atomic E-state index is 12.1. The third kappa shape index (κ3) is 3.85. The molecule has 0 saturated carbocycles. The molecule has 3 aromatic rings. The van der Waals surface area contributed by atoms with E-state index >= 15 is 0 Å². The average Bonchev–Trinajstić information content (AvgIpc) is 3.17.